The van der Waals surface area contributed by atoms with Crippen molar-refractivity contribution in [2.75, 3.05) is 21.3 Å². The van der Waals surface area contributed by atoms with Crippen molar-refractivity contribution in [3.05, 3.63) is 77.1 Å². The molecule has 0 fully saturated rings. The zero-order valence-electron chi connectivity index (χ0n) is 16.1. The number of esters is 1. The molecule has 0 aromatic heterocycles. The van der Waals surface area contributed by atoms with Crippen LogP contribution in [0.25, 0.3) is 5.76 Å². The van der Waals surface area contributed by atoms with Gasteiger partial charge in [0.25, 0.3) is 0 Å². The van der Waals surface area contributed by atoms with Gasteiger partial charge in [0.15, 0.2) is 5.76 Å². The Bertz CT molecular complexity index is 1010. The van der Waals surface area contributed by atoms with Crippen LogP contribution >= 0.6 is 0 Å². The normalized spacial score (nSPS) is 14.6. The first kappa shape index (κ1) is 19.9. The minimum Gasteiger partial charge on any atom is -0.497 e. The first-order valence-corrected chi connectivity index (χ1v) is 8.58. The number of hydrogen-bond donors (Lipinski definition) is 0. The second-order valence-electron chi connectivity index (χ2n) is 5.95. The second-order valence-corrected chi connectivity index (χ2v) is 5.95. The molecule has 0 saturated heterocycles. The van der Waals surface area contributed by atoms with Crippen LogP contribution in [0.2, 0.25) is 0 Å². The topological polar surface area (TPSA) is 88.1 Å². The molecular weight excluding hydrogens is 376 g/mol. The summed E-state index contributed by atoms with van der Waals surface area (Å²) < 4.78 is 20.4. The fourth-order valence-corrected chi connectivity index (χ4v) is 2.73. The third kappa shape index (κ3) is 4.03. The Morgan fingerprint density at radius 2 is 1.41 bits per heavy atom. The Labute approximate surface area is 167 Å². The number of rotatable bonds is 6. The summed E-state index contributed by atoms with van der Waals surface area (Å²) in [4.78, 5) is 37.6. The van der Waals surface area contributed by atoms with Crippen molar-refractivity contribution in [2.45, 2.75) is 0 Å². The highest BCUT2D eigenvalue weighted by Gasteiger charge is 2.37. The van der Waals surface area contributed by atoms with Gasteiger partial charge >= 0.3 is 5.97 Å². The number of hydrogen-bond acceptors (Lipinski definition) is 7. The van der Waals surface area contributed by atoms with Crippen molar-refractivity contribution in [2.24, 2.45) is 0 Å². The second kappa shape index (κ2) is 8.43. The van der Waals surface area contributed by atoms with E-state index < -0.39 is 17.5 Å². The molecule has 7 heteroatoms. The lowest BCUT2D eigenvalue weighted by Crippen LogP contribution is -2.12. The maximum absolute atomic E-state index is 13.1. The highest BCUT2D eigenvalue weighted by molar-refractivity contribution is 6.36. The van der Waals surface area contributed by atoms with Crippen LogP contribution in [0, 0.1) is 0 Å². The standard InChI is InChI=1S/C22H18O7/c1-26-15-8-4-13(5-9-15)20(24)19-21(25)17(12-18(23)28-3)29-22(19)14-6-10-16(27-2)11-7-14/h4-12H,1-3H3/b17-12-. The van der Waals surface area contributed by atoms with E-state index in [9.17, 15) is 14.4 Å². The third-order valence-corrected chi connectivity index (χ3v) is 4.27. The van der Waals surface area contributed by atoms with Gasteiger partial charge in [-0.15, -0.1) is 0 Å². The van der Waals surface area contributed by atoms with Crippen LogP contribution in [0.1, 0.15) is 15.9 Å². The number of allylic oxidation sites excluding steroid dienone is 1. The van der Waals surface area contributed by atoms with Crippen molar-refractivity contribution >= 4 is 23.3 Å². The summed E-state index contributed by atoms with van der Waals surface area (Å²) in [6.07, 6.45) is 0.917. The molecule has 7 nitrogen and oxygen atoms in total. The molecule has 3 rings (SSSR count). The van der Waals surface area contributed by atoms with E-state index in [-0.39, 0.29) is 22.7 Å². The number of carbonyl (C=O) groups is 3. The number of ether oxygens (including phenoxy) is 4. The fourth-order valence-electron chi connectivity index (χ4n) is 2.73. The van der Waals surface area contributed by atoms with E-state index in [1.54, 1.807) is 48.5 Å². The van der Waals surface area contributed by atoms with Crippen molar-refractivity contribution in [1.29, 1.82) is 0 Å². The Morgan fingerprint density at radius 3 is 1.93 bits per heavy atom. The SMILES string of the molecule is COC(=O)/C=C1\OC(c2ccc(OC)cc2)=C(C(=O)c2ccc(OC)cc2)C1=O. The summed E-state index contributed by atoms with van der Waals surface area (Å²) in [5, 5.41) is 0. The van der Waals surface area contributed by atoms with E-state index in [0.29, 0.717) is 17.1 Å². The van der Waals surface area contributed by atoms with Crippen molar-refractivity contribution in [3.8, 4) is 11.5 Å². The van der Waals surface area contributed by atoms with E-state index in [4.69, 9.17) is 14.2 Å². The van der Waals surface area contributed by atoms with Crippen LogP contribution in [0.5, 0.6) is 11.5 Å². The van der Waals surface area contributed by atoms with E-state index in [1.165, 1.54) is 21.3 Å². The maximum Gasteiger partial charge on any atom is 0.334 e. The summed E-state index contributed by atoms with van der Waals surface area (Å²) in [6.45, 7) is 0. The Hall–Kier alpha value is -3.87. The third-order valence-electron chi connectivity index (χ3n) is 4.27. The number of carbonyl (C=O) groups excluding carboxylic acids is 3. The largest absolute Gasteiger partial charge is 0.497 e. The predicted octanol–water partition coefficient (Wildman–Crippen LogP) is 2.95. The quantitative estimate of drug-likeness (QED) is 0.322. The van der Waals surface area contributed by atoms with E-state index in [0.717, 1.165) is 6.08 Å². The lowest BCUT2D eigenvalue weighted by atomic mass is 9.97. The lowest BCUT2D eigenvalue weighted by Gasteiger charge is -2.07. The van der Waals surface area contributed by atoms with Gasteiger partial charge in [0.2, 0.25) is 11.6 Å². The molecular formula is C22H18O7. The molecule has 0 atom stereocenters. The molecule has 1 aliphatic heterocycles. The Morgan fingerprint density at radius 1 is 0.862 bits per heavy atom. The van der Waals surface area contributed by atoms with Gasteiger partial charge in [-0.2, -0.15) is 0 Å². The van der Waals surface area contributed by atoms with Gasteiger partial charge in [-0.05, 0) is 48.5 Å². The molecule has 0 bridgehead atoms. The minimum absolute atomic E-state index is 0.0635. The molecule has 0 N–H and O–H groups in total. The van der Waals surface area contributed by atoms with Crippen LogP contribution in [0.3, 0.4) is 0 Å². The van der Waals surface area contributed by atoms with Gasteiger partial charge in [0.05, 0.1) is 27.4 Å². The molecule has 148 valence electrons. The molecule has 29 heavy (non-hydrogen) atoms. The van der Waals surface area contributed by atoms with Gasteiger partial charge in [-0.25, -0.2) is 4.79 Å². The molecule has 0 spiro atoms. The lowest BCUT2D eigenvalue weighted by molar-refractivity contribution is -0.135. The molecule has 0 unspecified atom stereocenters. The summed E-state index contributed by atoms with van der Waals surface area (Å²) in [5.41, 5.74) is 0.600. The first-order valence-electron chi connectivity index (χ1n) is 8.58. The van der Waals surface area contributed by atoms with Crippen molar-refractivity contribution in [3.63, 3.8) is 0 Å². The van der Waals surface area contributed by atoms with Crippen LogP contribution in [-0.4, -0.2) is 38.9 Å². The Kier molecular flexibility index (Phi) is 5.78. The molecule has 2 aromatic rings. The van der Waals surface area contributed by atoms with Gasteiger partial charge in [0, 0.05) is 11.1 Å². The number of benzene rings is 2. The molecule has 1 aliphatic rings. The minimum atomic E-state index is -0.763. The summed E-state index contributed by atoms with van der Waals surface area (Å²) in [6, 6.07) is 13.0. The molecule has 0 radical (unpaired) electrons. The molecule has 1 heterocycles. The van der Waals surface area contributed by atoms with E-state index in [1.807, 2.05) is 0 Å². The van der Waals surface area contributed by atoms with Crippen LogP contribution in [0.4, 0.5) is 0 Å². The summed E-state index contributed by atoms with van der Waals surface area (Å²) in [5.74, 6) is -1.02. The smallest absolute Gasteiger partial charge is 0.334 e. The predicted molar refractivity (Wildman–Crippen MR) is 103 cm³/mol. The fraction of sp³-hybridized carbons (Fsp3) is 0.136. The van der Waals surface area contributed by atoms with Crippen molar-refractivity contribution in [1.82, 2.24) is 0 Å². The van der Waals surface area contributed by atoms with Gasteiger partial charge in [0.1, 0.15) is 22.8 Å². The number of Topliss-reactive ketones (excluding diaryl/α,β-unsaturated/α-hetero) is 2. The molecule has 0 saturated carbocycles. The van der Waals surface area contributed by atoms with E-state index >= 15 is 0 Å². The molecule has 2 aromatic carbocycles. The zero-order chi connectivity index (χ0) is 21.0. The Balaban J connectivity index is 2.08. The highest BCUT2D eigenvalue weighted by atomic mass is 16.5. The summed E-state index contributed by atoms with van der Waals surface area (Å²) in [7, 11) is 4.22. The first-order chi connectivity index (χ1) is 14.0. The zero-order valence-corrected chi connectivity index (χ0v) is 16.1. The average molecular weight is 394 g/mol. The van der Waals surface area contributed by atoms with Gasteiger partial charge in [-0.3, -0.25) is 9.59 Å². The van der Waals surface area contributed by atoms with E-state index in [2.05, 4.69) is 4.74 Å². The van der Waals surface area contributed by atoms with Crippen molar-refractivity contribution < 1.29 is 33.3 Å². The number of methoxy groups -OCH3 is 3. The highest BCUT2D eigenvalue weighted by Crippen LogP contribution is 2.35. The van der Waals surface area contributed by atoms with Crippen LogP contribution in [-0.2, 0) is 19.1 Å². The van der Waals surface area contributed by atoms with Gasteiger partial charge in [-0.1, -0.05) is 0 Å². The monoisotopic (exact) mass is 394 g/mol. The molecule has 0 aliphatic carbocycles. The average Bonchev–Trinajstić information content (AvgIpc) is 3.09. The summed E-state index contributed by atoms with van der Waals surface area (Å²) >= 11 is 0. The maximum atomic E-state index is 13.1. The number of ketones is 2. The molecule has 0 amide bonds. The van der Waals surface area contributed by atoms with Gasteiger partial charge < -0.3 is 18.9 Å². The van der Waals surface area contributed by atoms with Crippen LogP contribution < -0.4 is 9.47 Å². The van der Waals surface area contributed by atoms with Crippen LogP contribution in [0.15, 0.2) is 65.9 Å².